The number of nitrogens with one attached hydrogen (secondary N) is 1. The molecular formula is C16H24N2O4S. The zero-order valence-corrected chi connectivity index (χ0v) is 14.4. The highest BCUT2D eigenvalue weighted by atomic mass is 32.2. The van der Waals surface area contributed by atoms with Crippen LogP contribution < -0.4 is 9.46 Å². The Bertz CT molecular complexity index is 637. The molecule has 1 N–H and O–H groups in total. The number of carbonyl (C=O) groups excluding carboxylic acids is 1. The SMILES string of the molecule is COc1cccc(CCC(=O)N2CCC(NS(C)(=O)=O)CC2)c1. The van der Waals surface area contributed by atoms with E-state index in [4.69, 9.17) is 4.74 Å². The lowest BCUT2D eigenvalue weighted by Gasteiger charge is -2.32. The third kappa shape index (κ3) is 5.84. The first kappa shape index (κ1) is 17.7. The normalized spacial score (nSPS) is 16.3. The minimum Gasteiger partial charge on any atom is -0.497 e. The number of benzene rings is 1. The molecule has 1 aliphatic heterocycles. The molecule has 1 heterocycles. The van der Waals surface area contributed by atoms with E-state index in [-0.39, 0.29) is 11.9 Å². The predicted octanol–water partition coefficient (Wildman–Crippen LogP) is 1.17. The summed E-state index contributed by atoms with van der Waals surface area (Å²) in [5.74, 6) is 0.910. The molecule has 1 aromatic carbocycles. The van der Waals surface area contributed by atoms with E-state index in [1.165, 1.54) is 6.26 Å². The predicted molar refractivity (Wildman–Crippen MR) is 88.9 cm³/mol. The van der Waals surface area contributed by atoms with Crippen LogP contribution in [0.4, 0.5) is 0 Å². The third-order valence-electron chi connectivity index (χ3n) is 3.99. The van der Waals surface area contributed by atoms with Gasteiger partial charge in [-0.1, -0.05) is 12.1 Å². The minimum absolute atomic E-state index is 0.0626. The fourth-order valence-corrected chi connectivity index (χ4v) is 3.63. The second-order valence-corrected chi connectivity index (χ2v) is 7.68. The number of amides is 1. The lowest BCUT2D eigenvalue weighted by atomic mass is 10.0. The number of sulfonamides is 1. The van der Waals surface area contributed by atoms with E-state index in [1.54, 1.807) is 7.11 Å². The first-order valence-corrected chi connectivity index (χ1v) is 9.64. The zero-order chi connectivity index (χ0) is 16.9. The van der Waals surface area contributed by atoms with E-state index in [0.717, 1.165) is 11.3 Å². The Morgan fingerprint density at radius 2 is 2.04 bits per heavy atom. The van der Waals surface area contributed by atoms with E-state index in [2.05, 4.69) is 4.72 Å². The summed E-state index contributed by atoms with van der Waals surface area (Å²) < 4.78 is 30.2. The molecule has 1 aromatic rings. The van der Waals surface area contributed by atoms with Crippen LogP contribution in [0.15, 0.2) is 24.3 Å². The van der Waals surface area contributed by atoms with Gasteiger partial charge in [0.05, 0.1) is 13.4 Å². The molecule has 0 spiro atoms. The molecule has 0 bridgehead atoms. The number of carbonyl (C=O) groups is 1. The van der Waals surface area contributed by atoms with Crippen molar-refractivity contribution in [3.05, 3.63) is 29.8 Å². The summed E-state index contributed by atoms with van der Waals surface area (Å²) in [4.78, 5) is 14.1. The van der Waals surface area contributed by atoms with Crippen LogP contribution in [0.25, 0.3) is 0 Å². The Hall–Kier alpha value is -1.60. The second-order valence-electron chi connectivity index (χ2n) is 5.90. The van der Waals surface area contributed by atoms with Gasteiger partial charge in [-0.05, 0) is 37.0 Å². The van der Waals surface area contributed by atoms with E-state index in [1.807, 2.05) is 29.2 Å². The minimum atomic E-state index is -3.18. The average Bonchev–Trinajstić information content (AvgIpc) is 2.52. The second kappa shape index (κ2) is 7.79. The Morgan fingerprint density at radius 1 is 1.35 bits per heavy atom. The van der Waals surface area contributed by atoms with Crippen molar-refractivity contribution in [3.8, 4) is 5.75 Å². The summed E-state index contributed by atoms with van der Waals surface area (Å²) in [6.07, 6.45) is 3.63. The number of piperidine rings is 1. The molecule has 0 unspecified atom stereocenters. The summed E-state index contributed by atoms with van der Waals surface area (Å²) in [7, 11) is -1.56. The fraction of sp³-hybridized carbons (Fsp3) is 0.562. The highest BCUT2D eigenvalue weighted by Gasteiger charge is 2.24. The van der Waals surface area contributed by atoms with Crippen LogP contribution in [0.2, 0.25) is 0 Å². The maximum atomic E-state index is 12.3. The molecule has 1 amide bonds. The third-order valence-corrected chi connectivity index (χ3v) is 4.75. The number of likely N-dealkylation sites (tertiary alicyclic amines) is 1. The standard InChI is InChI=1S/C16H24N2O4S/c1-22-15-5-3-4-13(12-15)6-7-16(19)18-10-8-14(9-11-18)17-23(2,20)21/h3-5,12,14,17H,6-11H2,1-2H3. The van der Waals surface area contributed by atoms with Gasteiger partial charge in [0.15, 0.2) is 0 Å². The lowest BCUT2D eigenvalue weighted by molar-refractivity contribution is -0.132. The maximum absolute atomic E-state index is 12.3. The molecular weight excluding hydrogens is 316 g/mol. The van der Waals surface area contributed by atoms with Gasteiger partial charge in [0.25, 0.3) is 0 Å². The van der Waals surface area contributed by atoms with Crippen LogP contribution in [0, 0.1) is 0 Å². The van der Waals surface area contributed by atoms with Crippen LogP contribution in [-0.2, 0) is 21.2 Å². The molecule has 0 atom stereocenters. The Balaban J connectivity index is 1.79. The quantitative estimate of drug-likeness (QED) is 0.843. The van der Waals surface area contributed by atoms with Crippen molar-refractivity contribution in [2.24, 2.45) is 0 Å². The highest BCUT2D eigenvalue weighted by molar-refractivity contribution is 7.88. The molecule has 128 valence electrons. The molecule has 23 heavy (non-hydrogen) atoms. The van der Waals surface area contributed by atoms with E-state index >= 15 is 0 Å². The van der Waals surface area contributed by atoms with Crippen molar-refractivity contribution in [1.82, 2.24) is 9.62 Å². The number of rotatable bonds is 6. The molecule has 0 aromatic heterocycles. The Labute approximate surface area is 137 Å². The van der Waals surface area contributed by atoms with Gasteiger partial charge in [-0.25, -0.2) is 13.1 Å². The van der Waals surface area contributed by atoms with Crippen LogP contribution in [0.5, 0.6) is 5.75 Å². The van der Waals surface area contributed by atoms with Crippen molar-refractivity contribution in [3.63, 3.8) is 0 Å². The smallest absolute Gasteiger partial charge is 0.222 e. The Kier molecular flexibility index (Phi) is 6.01. The summed E-state index contributed by atoms with van der Waals surface area (Å²) >= 11 is 0. The Morgan fingerprint density at radius 3 is 2.65 bits per heavy atom. The summed E-state index contributed by atoms with van der Waals surface area (Å²) in [6.45, 7) is 1.20. The van der Waals surface area contributed by atoms with Gasteiger partial charge >= 0.3 is 0 Å². The first-order valence-electron chi connectivity index (χ1n) is 7.75. The van der Waals surface area contributed by atoms with Gasteiger partial charge in [0.1, 0.15) is 5.75 Å². The van der Waals surface area contributed by atoms with Gasteiger partial charge in [0.2, 0.25) is 15.9 Å². The molecule has 2 rings (SSSR count). The van der Waals surface area contributed by atoms with Gasteiger partial charge in [0, 0.05) is 25.6 Å². The monoisotopic (exact) mass is 340 g/mol. The van der Waals surface area contributed by atoms with Gasteiger partial charge in [-0.2, -0.15) is 0 Å². The number of aryl methyl sites for hydroxylation is 1. The molecule has 1 aliphatic rings. The summed E-state index contributed by atoms with van der Waals surface area (Å²) in [5.41, 5.74) is 1.08. The van der Waals surface area contributed by atoms with Crippen molar-refractivity contribution in [1.29, 1.82) is 0 Å². The lowest BCUT2D eigenvalue weighted by Crippen LogP contribution is -2.46. The summed E-state index contributed by atoms with van der Waals surface area (Å²) in [5, 5.41) is 0. The fourth-order valence-electron chi connectivity index (χ4n) is 2.79. The summed E-state index contributed by atoms with van der Waals surface area (Å²) in [6, 6.07) is 7.66. The number of hydrogen-bond acceptors (Lipinski definition) is 4. The van der Waals surface area contributed by atoms with Gasteiger partial charge < -0.3 is 9.64 Å². The zero-order valence-electron chi connectivity index (χ0n) is 13.6. The largest absolute Gasteiger partial charge is 0.497 e. The molecule has 0 radical (unpaired) electrons. The average molecular weight is 340 g/mol. The number of hydrogen-bond donors (Lipinski definition) is 1. The van der Waals surface area contributed by atoms with Crippen molar-refractivity contribution in [2.45, 2.75) is 31.7 Å². The number of nitrogens with zero attached hydrogens (tertiary/aromatic N) is 1. The van der Waals surface area contributed by atoms with E-state index < -0.39 is 10.0 Å². The molecule has 6 nitrogen and oxygen atoms in total. The van der Waals surface area contributed by atoms with Crippen LogP contribution in [0.1, 0.15) is 24.8 Å². The van der Waals surface area contributed by atoms with Crippen LogP contribution >= 0.6 is 0 Å². The van der Waals surface area contributed by atoms with Crippen molar-refractivity contribution >= 4 is 15.9 Å². The van der Waals surface area contributed by atoms with E-state index in [9.17, 15) is 13.2 Å². The number of methoxy groups -OCH3 is 1. The van der Waals surface area contributed by atoms with Crippen LogP contribution in [-0.4, -0.2) is 51.7 Å². The number of ether oxygens (including phenoxy) is 1. The van der Waals surface area contributed by atoms with E-state index in [0.29, 0.717) is 38.8 Å². The van der Waals surface area contributed by atoms with Crippen molar-refractivity contribution in [2.75, 3.05) is 26.5 Å². The molecule has 1 saturated heterocycles. The first-order chi connectivity index (χ1) is 10.9. The topological polar surface area (TPSA) is 75.7 Å². The molecule has 0 saturated carbocycles. The van der Waals surface area contributed by atoms with Crippen molar-refractivity contribution < 1.29 is 17.9 Å². The highest BCUT2D eigenvalue weighted by Crippen LogP contribution is 2.16. The maximum Gasteiger partial charge on any atom is 0.222 e. The van der Waals surface area contributed by atoms with Gasteiger partial charge in [-0.15, -0.1) is 0 Å². The molecule has 7 heteroatoms. The molecule has 0 aliphatic carbocycles. The van der Waals surface area contributed by atoms with Gasteiger partial charge in [-0.3, -0.25) is 4.79 Å². The molecule has 1 fully saturated rings. The van der Waals surface area contributed by atoms with Crippen LogP contribution in [0.3, 0.4) is 0 Å².